The first-order chi connectivity index (χ1) is 50.1. The topological polar surface area (TPSA) is 58.0 Å². The van der Waals surface area contributed by atoms with Crippen LogP contribution in [0, 0.1) is 0 Å². The Balaban J connectivity index is 0.826. The smallest absolute Gasteiger partial charge is 0.235 e. The van der Waals surface area contributed by atoms with E-state index in [0.29, 0.717) is 11.9 Å². The summed E-state index contributed by atoms with van der Waals surface area (Å²) in [7, 11) is 0. The van der Waals surface area contributed by atoms with Gasteiger partial charge < -0.3 is 0 Å². The fourth-order valence-corrected chi connectivity index (χ4v) is 18.4. The van der Waals surface area contributed by atoms with Crippen molar-refractivity contribution in [3.05, 3.63) is 431 Å². The molecule has 2 aromatic heterocycles. The van der Waals surface area contributed by atoms with Crippen LogP contribution in [0.25, 0.3) is 78.4 Å². The predicted molar refractivity (Wildman–Crippen MR) is 408 cm³/mol. The molecule has 21 rings (SSSR count). The van der Waals surface area contributed by atoms with Gasteiger partial charge in [0, 0.05) is 22.3 Å². The van der Waals surface area contributed by atoms with Gasteiger partial charge in [0.05, 0.1) is 61.8 Å². The molecule has 0 radical (unpaired) electrons. The molecule has 0 fully saturated rings. The van der Waals surface area contributed by atoms with Crippen LogP contribution in [0.4, 0.5) is 34.6 Å². The second-order valence-corrected chi connectivity index (χ2v) is 27.0. The van der Waals surface area contributed by atoms with E-state index >= 15 is 0 Å². The number of rotatable bonds is 8. The fourth-order valence-electron chi connectivity index (χ4n) is 18.4. The van der Waals surface area contributed by atoms with Gasteiger partial charge in [-0.2, -0.15) is 0 Å². The summed E-state index contributed by atoms with van der Waals surface area (Å²) < 4.78 is 0. The average molecular weight is 1290 g/mol. The molecule has 0 amide bonds. The number of benzene rings is 14. The lowest BCUT2D eigenvalue weighted by molar-refractivity contribution is 0.735. The van der Waals surface area contributed by atoms with Crippen molar-refractivity contribution in [3.63, 3.8) is 0 Å². The summed E-state index contributed by atoms with van der Waals surface area (Å²) >= 11 is 0. The van der Waals surface area contributed by atoms with Crippen molar-refractivity contribution in [1.82, 2.24) is 19.9 Å². The van der Waals surface area contributed by atoms with Gasteiger partial charge in [0.15, 0.2) is 0 Å². The van der Waals surface area contributed by atoms with Gasteiger partial charge in [-0.3, -0.25) is 9.80 Å². The fraction of sp³-hybridized carbons (Fsp3) is 0.0316. The molecule has 5 aliphatic rings. The van der Waals surface area contributed by atoms with Gasteiger partial charge in [-0.05, 0) is 137 Å². The minimum absolute atomic E-state index is 0.605. The molecule has 0 unspecified atom stereocenters. The normalized spacial score (nSPS) is 14.3. The van der Waals surface area contributed by atoms with Crippen LogP contribution in [0.3, 0.4) is 0 Å². The van der Waals surface area contributed by atoms with Crippen LogP contribution >= 0.6 is 0 Å². The monoisotopic (exact) mass is 1280 g/mol. The molecule has 4 heterocycles. The van der Waals surface area contributed by atoms with E-state index in [1.807, 2.05) is 0 Å². The van der Waals surface area contributed by atoms with Crippen LogP contribution in [-0.4, -0.2) is 19.9 Å². The number of fused-ring (bicyclic) bond motifs is 21. The van der Waals surface area contributed by atoms with E-state index in [4.69, 9.17) is 19.9 Å². The van der Waals surface area contributed by atoms with Gasteiger partial charge in [0.1, 0.15) is 0 Å². The lowest BCUT2D eigenvalue weighted by Crippen LogP contribution is -2.37. The molecule has 6 nitrogen and oxygen atoms in total. The third-order valence-corrected chi connectivity index (χ3v) is 22.2. The van der Waals surface area contributed by atoms with Crippen molar-refractivity contribution in [2.24, 2.45) is 0 Å². The van der Waals surface area contributed by atoms with Crippen molar-refractivity contribution >= 4 is 34.6 Å². The summed E-state index contributed by atoms with van der Waals surface area (Å²) in [5.41, 5.74) is 31.0. The van der Waals surface area contributed by atoms with E-state index < -0.39 is 16.2 Å². The molecule has 0 atom stereocenters. The van der Waals surface area contributed by atoms with E-state index in [9.17, 15) is 0 Å². The minimum Gasteiger partial charge on any atom is -0.278 e. The molecule has 16 aromatic rings. The van der Waals surface area contributed by atoms with Crippen LogP contribution in [0.5, 0.6) is 0 Å². The predicted octanol–water partition coefficient (Wildman–Crippen LogP) is 22.6. The van der Waals surface area contributed by atoms with Gasteiger partial charge in [0.25, 0.3) is 0 Å². The number of hydrogen-bond donors (Lipinski definition) is 0. The molecular weight excluding hydrogens is 1230 g/mol. The van der Waals surface area contributed by atoms with Crippen molar-refractivity contribution in [1.29, 1.82) is 0 Å². The molecule has 0 N–H and O–H groups in total. The zero-order valence-corrected chi connectivity index (χ0v) is 54.8. The Morgan fingerprint density at radius 1 is 0.178 bits per heavy atom. The number of anilines is 6. The zero-order valence-electron chi connectivity index (χ0n) is 54.8. The first-order valence-electron chi connectivity index (χ1n) is 34.8. The molecule has 0 saturated carbocycles. The number of aromatic nitrogens is 4. The van der Waals surface area contributed by atoms with E-state index in [2.05, 4.69) is 374 Å². The maximum atomic E-state index is 5.56. The number of para-hydroxylation sites is 4. The Kier molecular flexibility index (Phi) is 12.4. The second kappa shape index (κ2) is 21.9. The van der Waals surface area contributed by atoms with E-state index in [0.717, 1.165) is 90.0 Å². The number of hydrogen-bond acceptors (Lipinski definition) is 6. The summed E-state index contributed by atoms with van der Waals surface area (Å²) in [5, 5.41) is 0. The largest absolute Gasteiger partial charge is 0.278 e. The van der Waals surface area contributed by atoms with Crippen LogP contribution in [0.15, 0.2) is 364 Å². The van der Waals surface area contributed by atoms with Gasteiger partial charge in [-0.15, -0.1) is 0 Å². The molecule has 2 spiro atoms. The molecule has 3 aliphatic carbocycles. The standard InChI is InChI=1S/C95H60N6/c1-5-31-61(32-6-1)81-59-82(62-33-7-2-8-34-62)97-91(96-81)100-85-55-25-21-47-73(85)94(74-48-22-26-56-86(74)100)71-45-19-15-41-67(71)89-77(51-29-53-79(89)94)93(69-43-17-13-39-65(69)66-40-14-18-44-70(66)93)78-52-30-54-80-90(78)68-42-16-20-46-72(68)95(80)75-49-23-27-57-87(75)101(88-58-28-24-50-76(88)95)92-98-83(63-35-9-3-10-36-63)60-84(99-92)64-37-11-4-12-38-64/h1-60H. The molecule has 14 aromatic carbocycles. The van der Waals surface area contributed by atoms with Crippen molar-refractivity contribution in [3.8, 4) is 78.4 Å². The summed E-state index contributed by atoms with van der Waals surface area (Å²) in [6.07, 6.45) is 0. The Bertz CT molecular complexity index is 5480. The van der Waals surface area contributed by atoms with E-state index in [1.54, 1.807) is 0 Å². The highest BCUT2D eigenvalue weighted by Crippen LogP contribution is 2.70. The van der Waals surface area contributed by atoms with E-state index in [-0.39, 0.29) is 0 Å². The highest BCUT2D eigenvalue weighted by molar-refractivity contribution is 6.02. The first kappa shape index (κ1) is 57.0. The highest BCUT2D eigenvalue weighted by atomic mass is 15.3. The zero-order chi connectivity index (χ0) is 66.4. The van der Waals surface area contributed by atoms with Crippen LogP contribution in [0.2, 0.25) is 0 Å². The summed E-state index contributed by atoms with van der Waals surface area (Å²) in [4.78, 5) is 26.9. The van der Waals surface area contributed by atoms with Crippen LogP contribution in [0.1, 0.15) is 66.8 Å². The third kappa shape index (κ3) is 7.81. The van der Waals surface area contributed by atoms with Crippen molar-refractivity contribution < 1.29 is 0 Å². The number of nitrogens with zero attached hydrogens (tertiary/aromatic N) is 6. The summed E-state index contributed by atoms with van der Waals surface area (Å²) in [6.45, 7) is 0. The van der Waals surface area contributed by atoms with Crippen molar-refractivity contribution in [2.45, 2.75) is 16.2 Å². The maximum Gasteiger partial charge on any atom is 0.235 e. The maximum absolute atomic E-state index is 5.56. The Hall–Kier alpha value is -13.2. The second-order valence-electron chi connectivity index (χ2n) is 27.0. The Labute approximate surface area is 586 Å². The molecule has 2 aliphatic heterocycles. The molecular formula is C95H60N6. The molecule has 470 valence electrons. The molecule has 0 bridgehead atoms. The van der Waals surface area contributed by atoms with Crippen LogP contribution in [-0.2, 0) is 16.2 Å². The molecule has 0 saturated heterocycles. The van der Waals surface area contributed by atoms with E-state index in [1.165, 1.54) is 77.9 Å². The molecule has 101 heavy (non-hydrogen) atoms. The van der Waals surface area contributed by atoms with Gasteiger partial charge >= 0.3 is 0 Å². The Morgan fingerprint density at radius 3 is 0.673 bits per heavy atom. The quantitative estimate of drug-likeness (QED) is 0.151. The van der Waals surface area contributed by atoms with Crippen LogP contribution < -0.4 is 9.80 Å². The lowest BCUT2D eigenvalue weighted by atomic mass is 9.61. The average Bonchev–Trinajstić information content (AvgIpc) is 1.63. The van der Waals surface area contributed by atoms with Gasteiger partial charge in [0.2, 0.25) is 11.9 Å². The van der Waals surface area contributed by atoms with Gasteiger partial charge in [-0.25, -0.2) is 19.9 Å². The third-order valence-electron chi connectivity index (χ3n) is 22.2. The summed E-state index contributed by atoms with van der Waals surface area (Å²) in [6, 6.07) is 134. The highest BCUT2D eigenvalue weighted by Gasteiger charge is 2.59. The SMILES string of the molecule is c1ccc(-c2cc(-c3ccccc3)nc(N3c4ccccc4C4(c5ccccc5-c5c4cccc5C4(c5cccc6c5-c5ccccc5C65c6ccccc6N(c6nc(-c7ccccc7)cc(-c7ccccc7)n6)c6ccccc65)c5ccccc5-c5ccccc54)c4ccccc43)n2)cc1. The van der Waals surface area contributed by atoms with Crippen molar-refractivity contribution in [2.75, 3.05) is 9.80 Å². The Morgan fingerprint density at radius 2 is 0.386 bits per heavy atom. The summed E-state index contributed by atoms with van der Waals surface area (Å²) in [5.74, 6) is 1.21. The first-order valence-corrected chi connectivity index (χ1v) is 34.8. The minimum atomic E-state index is -0.889. The lowest BCUT2D eigenvalue weighted by Gasteiger charge is -2.45. The van der Waals surface area contributed by atoms with Gasteiger partial charge in [-0.1, -0.05) is 328 Å². The molecule has 6 heteroatoms.